The molecule has 0 saturated heterocycles. The van der Waals surface area contributed by atoms with Gasteiger partial charge in [0.25, 0.3) is 0 Å². The summed E-state index contributed by atoms with van der Waals surface area (Å²) in [6, 6.07) is 7.53. The average Bonchev–Trinajstić information content (AvgIpc) is 2.60. The van der Waals surface area contributed by atoms with Gasteiger partial charge in [0.15, 0.2) is 5.78 Å². The summed E-state index contributed by atoms with van der Waals surface area (Å²) in [5.74, 6) is -0.101. The third-order valence-corrected chi connectivity index (χ3v) is 4.89. The first-order valence-corrected chi connectivity index (χ1v) is 9.11. The average molecular weight is 346 g/mol. The molecule has 2 rings (SSSR count). The number of ketones is 1. The van der Waals surface area contributed by atoms with E-state index >= 15 is 0 Å². The molecule has 1 aromatic carbocycles. The summed E-state index contributed by atoms with van der Waals surface area (Å²) < 4.78 is 0. The van der Waals surface area contributed by atoms with E-state index in [9.17, 15) is 9.59 Å². The van der Waals surface area contributed by atoms with Crippen molar-refractivity contribution < 1.29 is 11.0 Å². The molecule has 1 aromatic rings. The Morgan fingerprint density at radius 3 is 2.50 bits per heavy atom. The Hall–Kier alpha value is -1.85. The van der Waals surface area contributed by atoms with Crippen molar-refractivity contribution in [2.24, 2.45) is 0 Å². The number of allylic oxidation sites excluding steroid dienone is 2. The molecular weight excluding hydrogens is 320 g/mol. The van der Waals surface area contributed by atoms with Crippen molar-refractivity contribution in [3.05, 3.63) is 57.5 Å². The molecule has 1 N–H and O–H groups in total. The first kappa shape index (κ1) is 18.5. The fourth-order valence-electron chi connectivity index (χ4n) is 2.44. The molecule has 0 bridgehead atoms. The van der Waals surface area contributed by atoms with Gasteiger partial charge in [0.1, 0.15) is 0 Å². The van der Waals surface area contributed by atoms with Crippen LogP contribution in [-0.2, 0) is 4.79 Å². The minimum absolute atomic E-state index is 0. The Labute approximate surface area is 149 Å². The lowest BCUT2D eigenvalue weighted by Gasteiger charge is -2.20. The van der Waals surface area contributed by atoms with Crippen molar-refractivity contribution in [3.8, 4) is 0 Å². The van der Waals surface area contributed by atoms with Crippen LogP contribution in [0, 0.1) is 6.92 Å². The molecular formula is C19H26N2O2S. The maximum Gasteiger partial charge on any atom is 0.238 e. The van der Waals surface area contributed by atoms with E-state index in [0.717, 1.165) is 18.7 Å². The van der Waals surface area contributed by atoms with Crippen molar-refractivity contribution >= 4 is 23.5 Å². The predicted molar refractivity (Wildman–Crippen MR) is 102 cm³/mol. The van der Waals surface area contributed by atoms with Gasteiger partial charge in [-0.2, -0.15) is 0 Å². The third kappa shape index (κ3) is 4.82. The molecule has 4 nitrogen and oxygen atoms in total. The lowest BCUT2D eigenvalue weighted by molar-refractivity contribution is -0.121. The van der Waals surface area contributed by atoms with E-state index < -0.39 is 0 Å². The largest absolute Gasteiger partial charge is 0.319 e. The highest BCUT2D eigenvalue weighted by Crippen LogP contribution is 2.28. The summed E-state index contributed by atoms with van der Waals surface area (Å²) in [5, 5.41) is 5.49. The highest BCUT2D eigenvalue weighted by molar-refractivity contribution is 8.05. The van der Waals surface area contributed by atoms with E-state index in [1.54, 1.807) is 0 Å². The molecule has 1 heterocycles. The normalized spacial score (nSPS) is 14.2. The molecule has 0 aliphatic carbocycles. The molecule has 1 aliphatic heterocycles. The fourth-order valence-corrected chi connectivity index (χ4v) is 3.26. The van der Waals surface area contributed by atoms with Crippen LogP contribution in [0.4, 0.5) is 0 Å². The predicted octanol–water partition coefficient (Wildman–Crippen LogP) is 3.74. The minimum atomic E-state index is -0.0780. The summed E-state index contributed by atoms with van der Waals surface area (Å²) in [6.07, 6.45) is 2.49. The molecule has 130 valence electrons. The Bertz CT molecular complexity index is 665. The van der Waals surface area contributed by atoms with Gasteiger partial charge >= 0.3 is 0 Å². The smallest absolute Gasteiger partial charge is 0.238 e. The van der Waals surface area contributed by atoms with E-state index in [1.807, 2.05) is 61.4 Å². The highest BCUT2D eigenvalue weighted by atomic mass is 32.2. The lowest BCUT2D eigenvalue weighted by atomic mass is 10.0. The Morgan fingerprint density at radius 2 is 1.88 bits per heavy atom. The second-order valence-corrected chi connectivity index (χ2v) is 6.62. The van der Waals surface area contributed by atoms with Crippen LogP contribution in [0.25, 0.3) is 0 Å². The molecule has 24 heavy (non-hydrogen) atoms. The number of rotatable bonds is 7. The van der Waals surface area contributed by atoms with Gasteiger partial charge in [-0.05, 0) is 31.8 Å². The van der Waals surface area contributed by atoms with Gasteiger partial charge < -0.3 is 5.32 Å². The topological polar surface area (TPSA) is 49.4 Å². The van der Waals surface area contributed by atoms with Crippen LogP contribution < -0.4 is 5.32 Å². The van der Waals surface area contributed by atoms with Gasteiger partial charge in [-0.25, -0.2) is 0 Å². The van der Waals surface area contributed by atoms with Crippen molar-refractivity contribution in [2.75, 3.05) is 19.6 Å². The number of hydrogen-bond acceptors (Lipinski definition) is 4. The van der Waals surface area contributed by atoms with Gasteiger partial charge in [-0.1, -0.05) is 61.5 Å². The fraction of sp³-hybridized carbons (Fsp3) is 0.368. The second-order valence-electron chi connectivity index (χ2n) is 5.71. The molecule has 1 aliphatic rings. The summed E-state index contributed by atoms with van der Waals surface area (Å²) in [6.45, 7) is 8.04. The Balaban J connectivity index is 0.00000312. The van der Waals surface area contributed by atoms with Crippen LogP contribution in [0.2, 0.25) is 0 Å². The molecule has 0 saturated carbocycles. The maximum atomic E-state index is 12.8. The quantitative estimate of drug-likeness (QED) is 0.764. The first-order valence-electron chi connectivity index (χ1n) is 8.23. The van der Waals surface area contributed by atoms with Crippen molar-refractivity contribution in [1.82, 2.24) is 10.2 Å². The summed E-state index contributed by atoms with van der Waals surface area (Å²) in [5.41, 5.74) is 2.42. The third-order valence-electron chi connectivity index (χ3n) is 3.98. The zero-order valence-corrected chi connectivity index (χ0v) is 15.3. The van der Waals surface area contributed by atoms with Gasteiger partial charge in [-0.15, -0.1) is 0 Å². The number of likely N-dealkylation sites (N-methyl/N-ethyl adjacent to an activating group) is 1. The number of benzene rings is 1. The molecule has 5 heteroatoms. The van der Waals surface area contributed by atoms with Crippen LogP contribution in [0.3, 0.4) is 0 Å². The van der Waals surface area contributed by atoms with Gasteiger partial charge in [0.2, 0.25) is 5.91 Å². The molecule has 0 atom stereocenters. The van der Waals surface area contributed by atoms with E-state index in [0.29, 0.717) is 29.1 Å². The van der Waals surface area contributed by atoms with E-state index in [4.69, 9.17) is 0 Å². The molecule has 0 fully saturated rings. The van der Waals surface area contributed by atoms with Crippen molar-refractivity contribution in [2.45, 2.75) is 27.2 Å². The number of Topliss-reactive ketones (excluding diaryl/α,β-unsaturated/α-hetero) is 1. The van der Waals surface area contributed by atoms with Crippen LogP contribution in [-0.4, -0.2) is 36.2 Å². The summed E-state index contributed by atoms with van der Waals surface area (Å²) in [4.78, 5) is 27.1. The molecule has 0 spiro atoms. The summed E-state index contributed by atoms with van der Waals surface area (Å²) in [7, 11) is 0. The zero-order valence-electron chi connectivity index (χ0n) is 14.5. The summed E-state index contributed by atoms with van der Waals surface area (Å²) >= 11 is 1.40. The van der Waals surface area contributed by atoms with Gasteiger partial charge in [0, 0.05) is 12.6 Å². The Kier molecular flexibility index (Phi) is 6.82. The van der Waals surface area contributed by atoms with Gasteiger partial charge in [-0.3, -0.25) is 14.5 Å². The molecule has 0 radical (unpaired) electrons. The number of carbonyl (C=O) groups excluding carboxylic acids is 2. The number of carbonyl (C=O) groups is 2. The van der Waals surface area contributed by atoms with E-state index in [-0.39, 0.29) is 13.1 Å². The monoisotopic (exact) mass is 346 g/mol. The number of nitrogens with one attached hydrogen (secondary N) is 1. The molecule has 1 amide bonds. The van der Waals surface area contributed by atoms with E-state index in [1.165, 1.54) is 11.8 Å². The SMILES string of the molecule is CCN(CC)CC(=O)NC1=C(C(=O)c2ccc(C)cc2)CC=CS1.[HH]. The van der Waals surface area contributed by atoms with Crippen LogP contribution in [0.5, 0.6) is 0 Å². The minimum Gasteiger partial charge on any atom is -0.319 e. The van der Waals surface area contributed by atoms with Crippen LogP contribution in [0.1, 0.15) is 37.6 Å². The van der Waals surface area contributed by atoms with Gasteiger partial charge in [0.05, 0.1) is 11.6 Å². The Morgan fingerprint density at radius 1 is 1.21 bits per heavy atom. The standard InChI is InChI=1S/C19H24N2O2S.H2/c1-4-21(5-2)13-17(22)20-19-16(7-6-12-24-19)18(23)15-10-8-14(3)9-11-15;/h6,8-12H,4-5,7,13H2,1-3H3,(H,20,22);1H. The molecule has 0 aromatic heterocycles. The second kappa shape index (κ2) is 8.85. The number of thioether (sulfide) groups is 1. The van der Waals surface area contributed by atoms with Crippen molar-refractivity contribution in [1.29, 1.82) is 0 Å². The van der Waals surface area contributed by atoms with Crippen LogP contribution >= 0.6 is 11.8 Å². The van der Waals surface area contributed by atoms with Crippen molar-refractivity contribution in [3.63, 3.8) is 0 Å². The maximum absolute atomic E-state index is 12.8. The number of aryl methyl sites for hydroxylation is 1. The van der Waals surface area contributed by atoms with Crippen LogP contribution in [0.15, 0.2) is 46.4 Å². The molecule has 0 unspecified atom stereocenters. The highest BCUT2D eigenvalue weighted by Gasteiger charge is 2.20. The number of hydrogen-bond donors (Lipinski definition) is 1. The zero-order chi connectivity index (χ0) is 17.5. The number of nitrogens with zero attached hydrogens (tertiary/aromatic N) is 1. The first-order chi connectivity index (χ1) is 11.5. The lowest BCUT2D eigenvalue weighted by Crippen LogP contribution is -2.37. The number of amides is 1. The van der Waals surface area contributed by atoms with E-state index in [2.05, 4.69) is 5.32 Å².